The van der Waals surface area contributed by atoms with E-state index in [1.54, 1.807) is 7.11 Å². The first-order chi connectivity index (χ1) is 17.3. The first kappa shape index (κ1) is 23.4. The zero-order valence-corrected chi connectivity index (χ0v) is 21.5. The predicted octanol–water partition coefficient (Wildman–Crippen LogP) is 7.24. The summed E-state index contributed by atoms with van der Waals surface area (Å²) >= 11 is 0. The maximum atomic E-state index is 5.85. The van der Waals surface area contributed by atoms with Crippen molar-refractivity contribution < 1.29 is 4.74 Å². The summed E-state index contributed by atoms with van der Waals surface area (Å²) in [6.45, 7) is 14.3. The Labute approximate surface area is 210 Å². The van der Waals surface area contributed by atoms with E-state index >= 15 is 0 Å². The van der Waals surface area contributed by atoms with E-state index < -0.39 is 0 Å². The monoisotopic (exact) mass is 478 g/mol. The maximum absolute atomic E-state index is 5.85. The van der Waals surface area contributed by atoms with Crippen LogP contribution in [0.5, 0.6) is 5.75 Å². The van der Waals surface area contributed by atoms with E-state index in [9.17, 15) is 0 Å². The Morgan fingerprint density at radius 2 is 1.75 bits per heavy atom. The molecule has 0 radical (unpaired) electrons. The van der Waals surface area contributed by atoms with Crippen LogP contribution in [0.3, 0.4) is 0 Å². The van der Waals surface area contributed by atoms with Crippen molar-refractivity contribution in [3.8, 4) is 16.9 Å². The summed E-state index contributed by atoms with van der Waals surface area (Å²) < 4.78 is 5.85. The molecule has 3 N–H and O–H groups in total. The topological polar surface area (TPSA) is 91.5 Å². The van der Waals surface area contributed by atoms with Gasteiger partial charge in [0.25, 0.3) is 0 Å². The fourth-order valence-electron chi connectivity index (χ4n) is 4.91. The van der Waals surface area contributed by atoms with Crippen molar-refractivity contribution in [3.05, 3.63) is 77.3 Å². The van der Waals surface area contributed by atoms with Gasteiger partial charge in [-0.15, -0.1) is 0 Å². The normalized spacial score (nSPS) is 11.2. The van der Waals surface area contributed by atoms with Crippen LogP contribution in [0.2, 0.25) is 0 Å². The average Bonchev–Trinajstić information content (AvgIpc) is 3.37. The summed E-state index contributed by atoms with van der Waals surface area (Å²) in [6, 6.07) is 14.4. The number of hydrogen-bond acceptors (Lipinski definition) is 5. The third-order valence-corrected chi connectivity index (χ3v) is 6.33. The molecule has 0 aliphatic carbocycles. The molecule has 0 atom stereocenters. The van der Waals surface area contributed by atoms with Gasteiger partial charge in [-0.05, 0) is 57.9 Å². The quantitative estimate of drug-likeness (QED) is 0.224. The van der Waals surface area contributed by atoms with E-state index in [4.69, 9.17) is 14.7 Å². The molecule has 36 heavy (non-hydrogen) atoms. The molecule has 0 amide bonds. The zero-order valence-electron chi connectivity index (χ0n) is 21.5. The number of nitrogens with one attached hydrogen (secondary N) is 3. The largest absolute Gasteiger partial charge is 0.496 e. The minimum absolute atomic E-state index is 0.657. The second-order valence-electron chi connectivity index (χ2n) is 9.28. The van der Waals surface area contributed by atoms with Crippen molar-refractivity contribution >= 4 is 39.1 Å². The maximum Gasteiger partial charge on any atom is 0.161 e. The summed E-state index contributed by atoms with van der Waals surface area (Å²) in [5, 5.41) is 13.0. The molecule has 0 aliphatic rings. The average molecular weight is 479 g/mol. The molecular weight excluding hydrogens is 448 g/mol. The molecule has 3 heterocycles. The predicted molar refractivity (Wildman–Crippen MR) is 148 cm³/mol. The number of rotatable bonds is 6. The van der Waals surface area contributed by atoms with Gasteiger partial charge in [-0.25, -0.2) is 9.97 Å². The number of aromatic nitrogens is 5. The van der Waals surface area contributed by atoms with Crippen LogP contribution in [0.4, 0.5) is 11.6 Å². The summed E-state index contributed by atoms with van der Waals surface area (Å²) in [4.78, 5) is 13.0. The van der Waals surface area contributed by atoms with E-state index in [1.165, 1.54) is 5.57 Å². The molecule has 182 valence electrons. The summed E-state index contributed by atoms with van der Waals surface area (Å²) in [5.41, 5.74) is 9.02. The molecule has 0 saturated carbocycles. The Morgan fingerprint density at radius 1 is 1.00 bits per heavy atom. The van der Waals surface area contributed by atoms with Crippen molar-refractivity contribution in [2.24, 2.45) is 0 Å². The fraction of sp³-hybridized carbons (Fsp3) is 0.207. The number of benzene rings is 2. The highest BCUT2D eigenvalue weighted by Gasteiger charge is 2.20. The molecule has 0 spiro atoms. The van der Waals surface area contributed by atoms with Crippen LogP contribution in [-0.4, -0.2) is 32.3 Å². The second kappa shape index (κ2) is 9.00. The van der Waals surface area contributed by atoms with E-state index in [2.05, 4.69) is 59.1 Å². The molecule has 7 heteroatoms. The first-order valence-electron chi connectivity index (χ1n) is 11.9. The van der Waals surface area contributed by atoms with Crippen molar-refractivity contribution in [2.45, 2.75) is 34.6 Å². The van der Waals surface area contributed by atoms with Gasteiger partial charge >= 0.3 is 0 Å². The lowest BCUT2D eigenvalue weighted by Crippen LogP contribution is -2.00. The number of aryl methyl sites for hydroxylation is 2. The molecule has 0 unspecified atom stereocenters. The van der Waals surface area contributed by atoms with Crippen LogP contribution in [-0.2, 0) is 0 Å². The molecule has 2 aromatic carbocycles. The van der Waals surface area contributed by atoms with Crippen molar-refractivity contribution in [1.29, 1.82) is 0 Å². The van der Waals surface area contributed by atoms with Gasteiger partial charge in [-0.1, -0.05) is 48.1 Å². The van der Waals surface area contributed by atoms with Gasteiger partial charge in [0.15, 0.2) is 5.82 Å². The highest BCUT2D eigenvalue weighted by atomic mass is 16.5. The standard InChI is InChI=1S/C29H30N6O/c1-15(2)24(16(3)4)21-13-22-20(14-23(21)36-7)26-27(32-22)30-18(6)31-28(26)33-29-25(17(5)34-35-29)19-11-9-8-10-12-19/h8-14H,1H2,2-7H3,(H3,30,31,32,33,34,35). The van der Waals surface area contributed by atoms with Crippen LogP contribution in [0.1, 0.15) is 37.9 Å². The number of hydrogen-bond donors (Lipinski definition) is 3. The zero-order chi connectivity index (χ0) is 25.6. The molecule has 0 bridgehead atoms. The highest BCUT2D eigenvalue weighted by molar-refractivity contribution is 6.13. The van der Waals surface area contributed by atoms with Gasteiger partial charge in [0.1, 0.15) is 23.0 Å². The lowest BCUT2D eigenvalue weighted by molar-refractivity contribution is 0.414. The summed E-state index contributed by atoms with van der Waals surface area (Å²) in [7, 11) is 1.69. The van der Waals surface area contributed by atoms with Crippen LogP contribution in [0.25, 0.3) is 38.6 Å². The fourth-order valence-corrected chi connectivity index (χ4v) is 4.91. The van der Waals surface area contributed by atoms with Crippen LogP contribution in [0.15, 0.2) is 60.2 Å². The molecular formula is C29H30N6O. The van der Waals surface area contributed by atoms with Gasteiger partial charge < -0.3 is 15.0 Å². The summed E-state index contributed by atoms with van der Waals surface area (Å²) in [6.07, 6.45) is 0. The SMILES string of the molecule is C=C(C)C(=C(C)C)c1cc2[nH]c3nc(C)nc(Nc4n[nH]c(C)c4-c4ccccc4)c3c2cc1OC. The molecule has 0 aliphatic heterocycles. The molecule has 0 saturated heterocycles. The molecule has 3 aromatic heterocycles. The van der Waals surface area contributed by atoms with Crippen molar-refractivity contribution in [1.82, 2.24) is 25.1 Å². The van der Waals surface area contributed by atoms with Gasteiger partial charge in [0.2, 0.25) is 0 Å². The van der Waals surface area contributed by atoms with Gasteiger partial charge in [0, 0.05) is 27.7 Å². The number of methoxy groups -OCH3 is 1. The number of H-pyrrole nitrogens is 2. The van der Waals surface area contributed by atoms with Crippen LogP contribution < -0.4 is 10.1 Å². The Balaban J connectivity index is 1.73. The van der Waals surface area contributed by atoms with E-state index in [1.807, 2.05) is 45.0 Å². The smallest absolute Gasteiger partial charge is 0.161 e. The van der Waals surface area contributed by atoms with E-state index in [-0.39, 0.29) is 0 Å². The van der Waals surface area contributed by atoms with Gasteiger partial charge in [0.05, 0.1) is 12.5 Å². The Bertz CT molecular complexity index is 1650. The van der Waals surface area contributed by atoms with Gasteiger partial charge in [-0.2, -0.15) is 5.10 Å². The summed E-state index contributed by atoms with van der Waals surface area (Å²) in [5.74, 6) is 2.83. The lowest BCUT2D eigenvalue weighted by atomic mass is 9.94. The minimum atomic E-state index is 0.657. The Hall–Kier alpha value is -4.39. The number of allylic oxidation sites excluding steroid dienone is 3. The van der Waals surface area contributed by atoms with Gasteiger partial charge in [-0.3, -0.25) is 5.10 Å². The molecule has 7 nitrogen and oxygen atoms in total. The Kier molecular flexibility index (Phi) is 5.84. The van der Waals surface area contributed by atoms with Crippen LogP contribution in [0, 0.1) is 13.8 Å². The third kappa shape index (κ3) is 3.92. The Morgan fingerprint density at radius 3 is 2.42 bits per heavy atom. The number of nitrogens with zero attached hydrogens (tertiary/aromatic N) is 3. The number of ether oxygens (including phenoxy) is 1. The number of aromatic amines is 2. The first-order valence-corrected chi connectivity index (χ1v) is 11.9. The third-order valence-electron chi connectivity index (χ3n) is 6.33. The number of anilines is 2. The number of fused-ring (bicyclic) bond motifs is 3. The molecule has 5 aromatic rings. The van der Waals surface area contributed by atoms with Crippen molar-refractivity contribution in [2.75, 3.05) is 12.4 Å². The lowest BCUT2D eigenvalue weighted by Gasteiger charge is -2.15. The van der Waals surface area contributed by atoms with Crippen molar-refractivity contribution in [3.63, 3.8) is 0 Å². The minimum Gasteiger partial charge on any atom is -0.496 e. The molecule has 0 fully saturated rings. The van der Waals surface area contributed by atoms with E-state index in [0.29, 0.717) is 17.5 Å². The molecule has 5 rings (SSSR count). The van der Waals surface area contributed by atoms with E-state index in [0.717, 1.165) is 61.2 Å². The van der Waals surface area contributed by atoms with Crippen LogP contribution >= 0.6 is 0 Å². The highest BCUT2D eigenvalue weighted by Crippen LogP contribution is 2.40. The second-order valence-corrected chi connectivity index (χ2v) is 9.28.